The average Bonchev–Trinajstić information content (AvgIpc) is 4.06. The number of likely N-dealkylation sites (tertiary alicyclic amines) is 1. The van der Waals surface area contributed by atoms with Crippen LogP contribution < -0.4 is 10.7 Å². The van der Waals surface area contributed by atoms with E-state index < -0.39 is 29.3 Å². The van der Waals surface area contributed by atoms with E-state index in [-0.39, 0.29) is 61.1 Å². The lowest BCUT2D eigenvalue weighted by atomic mass is 9.84. The molecule has 0 unspecified atom stereocenters. The Morgan fingerprint density at radius 2 is 1.85 bits per heavy atom. The number of amides is 4. The summed E-state index contributed by atoms with van der Waals surface area (Å²) in [5, 5.41) is 19.0. The molecule has 2 N–H and O–H groups in total. The molecule has 5 rings (SSSR count). The molecule has 4 atom stereocenters. The van der Waals surface area contributed by atoms with Gasteiger partial charge in [-0.3, -0.25) is 34.0 Å². The number of benzene rings is 1. The van der Waals surface area contributed by atoms with Crippen LogP contribution in [0.2, 0.25) is 0 Å². The molecule has 2 aromatic heterocycles. The SMILES string of the molecule is C=CC(=O)N1CC[C@H](C(=O)N(C)[C@H](C(=O)N[C@@H](Cc2nnn(-c3ccc4c(c3)c(CC(C)(C)COC(C)=O)c(/C(C=C)=C(/N=CC)[C@H](C)OC)n4CC)n2)C(=O)N2CCCCN2)C(C)C)C1. The summed E-state index contributed by atoms with van der Waals surface area (Å²) in [7, 11) is 3.23. The van der Waals surface area contributed by atoms with E-state index in [1.165, 1.54) is 27.7 Å². The van der Waals surface area contributed by atoms with Crippen LogP contribution in [0.5, 0.6) is 0 Å². The number of ether oxygens (including phenoxy) is 2. The fourth-order valence-corrected chi connectivity index (χ4v) is 8.93. The number of methoxy groups -OCH3 is 1. The Morgan fingerprint density at radius 3 is 2.45 bits per heavy atom. The fourth-order valence-electron chi connectivity index (χ4n) is 8.93. The first-order valence-electron chi connectivity index (χ1n) is 22.9. The van der Waals surface area contributed by atoms with Crippen LogP contribution in [0.4, 0.5) is 0 Å². The molecule has 18 heteroatoms. The number of aliphatic imine (C=N–C) groups is 1. The van der Waals surface area contributed by atoms with E-state index in [4.69, 9.17) is 19.6 Å². The molecule has 0 radical (unpaired) electrons. The minimum absolute atomic E-state index is 0.0768. The van der Waals surface area contributed by atoms with Crippen LogP contribution >= 0.6 is 0 Å². The van der Waals surface area contributed by atoms with Gasteiger partial charge >= 0.3 is 5.97 Å². The van der Waals surface area contributed by atoms with Crippen LogP contribution in [-0.4, -0.2) is 141 Å². The third-order valence-corrected chi connectivity index (χ3v) is 12.3. The average molecular weight is 912 g/mol. The zero-order valence-electron chi connectivity index (χ0n) is 40.4. The second-order valence-corrected chi connectivity index (χ2v) is 18.1. The number of fused-ring (bicyclic) bond motifs is 1. The van der Waals surface area contributed by atoms with E-state index in [9.17, 15) is 24.0 Å². The van der Waals surface area contributed by atoms with Crippen molar-refractivity contribution in [3.8, 4) is 5.69 Å². The molecule has 1 aromatic carbocycles. The summed E-state index contributed by atoms with van der Waals surface area (Å²) in [6.07, 6.45) is 7.03. The highest BCUT2D eigenvalue weighted by Crippen LogP contribution is 2.39. The van der Waals surface area contributed by atoms with Gasteiger partial charge in [0.15, 0.2) is 5.82 Å². The van der Waals surface area contributed by atoms with E-state index in [1.54, 1.807) is 31.3 Å². The molecule has 66 heavy (non-hydrogen) atoms. The first kappa shape index (κ1) is 51.0. The number of hydrogen-bond donors (Lipinski definition) is 2. The zero-order valence-corrected chi connectivity index (χ0v) is 40.4. The molecular formula is C48H69N11O7. The first-order chi connectivity index (χ1) is 31.4. The molecule has 3 aromatic rings. The molecular weight excluding hydrogens is 843 g/mol. The molecule has 4 heterocycles. The number of aryl methyl sites for hydroxylation is 1. The van der Waals surface area contributed by atoms with Gasteiger partial charge in [0.1, 0.15) is 12.1 Å². The van der Waals surface area contributed by atoms with Crippen LogP contribution in [0, 0.1) is 17.3 Å². The molecule has 2 saturated heterocycles. The molecule has 0 bridgehead atoms. The molecule has 358 valence electrons. The van der Waals surface area contributed by atoms with Crippen LogP contribution in [0.25, 0.3) is 22.2 Å². The number of nitrogens with zero attached hydrogens (tertiary/aromatic N) is 9. The number of esters is 1. The van der Waals surface area contributed by atoms with Crippen molar-refractivity contribution in [2.75, 3.05) is 46.9 Å². The third-order valence-electron chi connectivity index (χ3n) is 12.3. The maximum absolute atomic E-state index is 14.3. The summed E-state index contributed by atoms with van der Waals surface area (Å²) in [6, 6.07) is 3.90. The zero-order chi connectivity index (χ0) is 48.5. The number of rotatable bonds is 20. The number of tetrazole rings is 1. The Bertz CT molecular complexity index is 2340. The van der Waals surface area contributed by atoms with Crippen molar-refractivity contribution in [3.63, 3.8) is 0 Å². The van der Waals surface area contributed by atoms with Gasteiger partial charge in [0.2, 0.25) is 17.7 Å². The Morgan fingerprint density at radius 1 is 1.11 bits per heavy atom. The Balaban J connectivity index is 1.53. The number of carbonyl (C=O) groups excluding carboxylic acids is 5. The molecule has 0 saturated carbocycles. The van der Waals surface area contributed by atoms with Gasteiger partial charge in [-0.25, -0.2) is 5.43 Å². The van der Waals surface area contributed by atoms with Gasteiger partial charge in [-0.2, -0.15) is 0 Å². The topological polar surface area (TPSA) is 198 Å². The van der Waals surface area contributed by atoms with Gasteiger partial charge in [-0.1, -0.05) is 46.9 Å². The molecule has 2 aliphatic rings. The lowest BCUT2D eigenvalue weighted by molar-refractivity contribution is -0.146. The molecule has 18 nitrogen and oxygen atoms in total. The largest absolute Gasteiger partial charge is 0.465 e. The molecule has 2 aliphatic heterocycles. The van der Waals surface area contributed by atoms with Crippen molar-refractivity contribution >= 4 is 52.3 Å². The summed E-state index contributed by atoms with van der Waals surface area (Å²) in [5.74, 6) is -2.26. The number of allylic oxidation sites excluding steroid dienone is 2. The highest BCUT2D eigenvalue weighted by Gasteiger charge is 2.39. The smallest absolute Gasteiger partial charge is 0.302 e. The van der Waals surface area contributed by atoms with E-state index in [2.05, 4.69) is 59.6 Å². The number of nitrogens with one attached hydrogen (secondary N) is 2. The van der Waals surface area contributed by atoms with E-state index >= 15 is 0 Å². The number of carbonyl (C=O) groups is 5. The first-order valence-corrected chi connectivity index (χ1v) is 22.9. The van der Waals surface area contributed by atoms with Crippen LogP contribution in [0.1, 0.15) is 91.7 Å². The number of hydrazine groups is 1. The van der Waals surface area contributed by atoms with Crippen molar-refractivity contribution in [2.24, 2.45) is 22.2 Å². The number of aromatic nitrogens is 5. The minimum Gasteiger partial charge on any atom is -0.465 e. The van der Waals surface area contributed by atoms with Crippen LogP contribution in [0.15, 0.2) is 54.2 Å². The van der Waals surface area contributed by atoms with E-state index in [0.29, 0.717) is 50.4 Å². The summed E-state index contributed by atoms with van der Waals surface area (Å²) in [6.45, 7) is 25.4. The lowest BCUT2D eigenvalue weighted by Crippen LogP contribution is -2.60. The monoisotopic (exact) mass is 912 g/mol. The summed E-state index contributed by atoms with van der Waals surface area (Å²) >= 11 is 0. The normalized spacial score (nSPS) is 17.4. The highest BCUT2D eigenvalue weighted by molar-refractivity contribution is 5.95. The van der Waals surface area contributed by atoms with Gasteiger partial charge in [0.25, 0.3) is 5.91 Å². The Hall–Kier alpha value is -6.01. The van der Waals surface area contributed by atoms with Gasteiger partial charge < -0.3 is 29.2 Å². The van der Waals surface area contributed by atoms with Gasteiger partial charge in [-0.15, -0.1) is 15.0 Å². The van der Waals surface area contributed by atoms with E-state index in [1.807, 2.05) is 45.9 Å². The molecule has 4 amide bonds. The summed E-state index contributed by atoms with van der Waals surface area (Å²) in [4.78, 5) is 75.7. The standard InChI is InChI=1S/C48H69N11O7/c1-13-35(42(49-15-3)31(7)65-12)44-37(27-48(9,10)29-66-32(8)60)36-25-34(19-20-39(36)57(44)16-4)59-53-40(52-54-59)26-38(47(64)58-23-18-17-22-50-58)51-45(62)43(30(5)6)55(11)46(63)33-21-24-56(28-33)41(61)14-2/h13-15,19-20,25,30-31,33,38,43,50H,1-2,16-18,21-24,26-29H2,3-12H3,(H,51,62)/b42-35+,49-15?/t31-,33-,38-,43-/m0/s1. The fraction of sp³-hybridized carbons (Fsp3) is 0.562. The molecule has 2 fully saturated rings. The lowest BCUT2D eigenvalue weighted by Gasteiger charge is -2.34. The number of hydrogen-bond acceptors (Lipinski definition) is 12. The van der Waals surface area contributed by atoms with Crippen molar-refractivity contribution in [2.45, 2.75) is 112 Å². The molecule has 0 spiro atoms. The van der Waals surface area contributed by atoms with Crippen molar-refractivity contribution in [1.82, 2.24) is 50.3 Å². The van der Waals surface area contributed by atoms with Gasteiger partial charge in [0.05, 0.1) is 35.7 Å². The maximum atomic E-state index is 14.3. The predicted octanol–water partition coefficient (Wildman–Crippen LogP) is 4.46. The molecule has 0 aliphatic carbocycles. The van der Waals surface area contributed by atoms with Crippen molar-refractivity contribution in [1.29, 1.82) is 0 Å². The number of likely N-dealkylation sites (N-methyl/N-ethyl adjacent to an activating group) is 1. The summed E-state index contributed by atoms with van der Waals surface area (Å²) in [5.41, 5.74) is 7.63. The second kappa shape index (κ2) is 22.5. The highest BCUT2D eigenvalue weighted by atomic mass is 16.5. The quantitative estimate of drug-likeness (QED) is 0.0703. The van der Waals surface area contributed by atoms with Crippen molar-refractivity contribution in [3.05, 3.63) is 66.3 Å². The maximum Gasteiger partial charge on any atom is 0.302 e. The summed E-state index contributed by atoms with van der Waals surface area (Å²) < 4.78 is 13.5. The van der Waals surface area contributed by atoms with E-state index in [0.717, 1.165) is 40.6 Å². The minimum atomic E-state index is -1.09. The Labute approximate surface area is 388 Å². The van der Waals surface area contributed by atoms with Crippen LogP contribution in [-0.2, 0) is 52.8 Å². The third kappa shape index (κ3) is 11.7. The second-order valence-electron chi connectivity index (χ2n) is 18.1. The van der Waals surface area contributed by atoms with Crippen molar-refractivity contribution < 1.29 is 33.4 Å². The van der Waals surface area contributed by atoms with Gasteiger partial charge in [0, 0.05) is 88.3 Å². The Kier molecular flexibility index (Phi) is 17.3. The van der Waals surface area contributed by atoms with Gasteiger partial charge in [-0.05, 0) is 87.4 Å². The van der Waals surface area contributed by atoms with Crippen LogP contribution in [0.3, 0.4) is 0 Å². The predicted molar refractivity (Wildman–Crippen MR) is 253 cm³/mol.